The number of amides is 1. The summed E-state index contributed by atoms with van der Waals surface area (Å²) >= 11 is 1.52. The Morgan fingerprint density at radius 3 is 2.86 bits per heavy atom. The van der Waals surface area contributed by atoms with E-state index in [0.29, 0.717) is 5.92 Å². The second-order valence-electron chi connectivity index (χ2n) is 5.17. The van der Waals surface area contributed by atoms with Gasteiger partial charge in [0.1, 0.15) is 0 Å². The van der Waals surface area contributed by atoms with Gasteiger partial charge in [0.25, 0.3) is 5.91 Å². The Bertz CT molecular complexity index is 793. The average molecular weight is 295 g/mol. The molecular weight excluding hydrogens is 282 g/mol. The number of carbonyl (C=O) groups excluding carboxylic acids is 1. The summed E-state index contributed by atoms with van der Waals surface area (Å²) in [7, 11) is 0. The topological polar surface area (TPSA) is 46.1 Å². The van der Waals surface area contributed by atoms with Crippen LogP contribution in [0.3, 0.4) is 0 Å². The van der Waals surface area contributed by atoms with Gasteiger partial charge in [0, 0.05) is 30.9 Å². The highest BCUT2D eigenvalue weighted by molar-refractivity contribution is 7.17. The number of rotatable bonds is 2. The van der Waals surface area contributed by atoms with Crippen molar-refractivity contribution in [2.45, 2.75) is 5.92 Å². The van der Waals surface area contributed by atoms with E-state index >= 15 is 0 Å². The van der Waals surface area contributed by atoms with Gasteiger partial charge in [-0.15, -0.1) is 11.3 Å². The summed E-state index contributed by atoms with van der Waals surface area (Å²) in [6.45, 7) is 1.48. The van der Waals surface area contributed by atoms with Gasteiger partial charge in [-0.25, -0.2) is 4.98 Å². The lowest BCUT2D eigenvalue weighted by molar-refractivity contribution is 0.0601. The van der Waals surface area contributed by atoms with Crippen molar-refractivity contribution in [3.8, 4) is 0 Å². The zero-order chi connectivity index (χ0) is 14.2. The zero-order valence-corrected chi connectivity index (χ0v) is 12.1. The standard InChI is InChI=1S/C16H13N3OS/c20-16(12-4-3-6-14-15(12)21-10-18-14)19-8-11(9-19)13-5-1-2-7-17-13/h1-7,10-11H,8-9H2. The molecule has 3 aromatic rings. The first kappa shape index (κ1) is 12.5. The van der Waals surface area contributed by atoms with Crippen molar-refractivity contribution < 1.29 is 4.79 Å². The molecule has 0 bridgehead atoms. The third-order valence-electron chi connectivity index (χ3n) is 3.86. The number of aromatic nitrogens is 2. The average Bonchev–Trinajstić information content (AvgIpc) is 2.95. The molecule has 0 radical (unpaired) electrons. The van der Waals surface area contributed by atoms with E-state index in [2.05, 4.69) is 9.97 Å². The Balaban J connectivity index is 1.54. The van der Waals surface area contributed by atoms with Crippen molar-refractivity contribution in [1.82, 2.24) is 14.9 Å². The predicted octanol–water partition coefficient (Wildman–Crippen LogP) is 2.93. The van der Waals surface area contributed by atoms with Crippen LogP contribution in [0.2, 0.25) is 0 Å². The van der Waals surface area contributed by atoms with Crippen LogP contribution in [0.5, 0.6) is 0 Å². The van der Waals surface area contributed by atoms with E-state index in [-0.39, 0.29) is 5.91 Å². The van der Waals surface area contributed by atoms with Crippen LogP contribution in [-0.4, -0.2) is 33.9 Å². The first-order chi connectivity index (χ1) is 10.3. The number of pyridine rings is 1. The van der Waals surface area contributed by atoms with Gasteiger partial charge in [0.15, 0.2) is 0 Å². The fraction of sp³-hybridized carbons (Fsp3) is 0.188. The van der Waals surface area contributed by atoms with Crippen LogP contribution in [0, 0.1) is 0 Å². The van der Waals surface area contributed by atoms with Crippen LogP contribution in [-0.2, 0) is 0 Å². The molecule has 21 heavy (non-hydrogen) atoms. The Hall–Kier alpha value is -2.27. The predicted molar refractivity (Wildman–Crippen MR) is 82.5 cm³/mol. The molecule has 4 rings (SSSR count). The fourth-order valence-electron chi connectivity index (χ4n) is 2.67. The second-order valence-corrected chi connectivity index (χ2v) is 6.02. The minimum absolute atomic E-state index is 0.0945. The number of benzene rings is 1. The summed E-state index contributed by atoms with van der Waals surface area (Å²) in [4.78, 5) is 23.1. The largest absolute Gasteiger partial charge is 0.337 e. The van der Waals surface area contributed by atoms with Gasteiger partial charge < -0.3 is 4.90 Å². The summed E-state index contributed by atoms with van der Waals surface area (Å²) < 4.78 is 0.976. The molecule has 1 aromatic carbocycles. The molecule has 104 valence electrons. The van der Waals surface area contributed by atoms with E-state index < -0.39 is 0 Å². The van der Waals surface area contributed by atoms with Crippen LogP contribution < -0.4 is 0 Å². The van der Waals surface area contributed by atoms with E-state index in [0.717, 1.165) is 34.6 Å². The molecule has 1 aliphatic heterocycles. The molecule has 1 aliphatic rings. The highest BCUT2D eigenvalue weighted by atomic mass is 32.1. The Kier molecular flexibility index (Phi) is 2.93. The first-order valence-corrected chi connectivity index (χ1v) is 7.73. The molecule has 0 saturated carbocycles. The molecule has 0 unspecified atom stereocenters. The highest BCUT2D eigenvalue weighted by Crippen LogP contribution is 2.29. The number of hydrogen-bond donors (Lipinski definition) is 0. The number of likely N-dealkylation sites (tertiary alicyclic amines) is 1. The molecule has 2 aromatic heterocycles. The number of hydrogen-bond acceptors (Lipinski definition) is 4. The van der Waals surface area contributed by atoms with Gasteiger partial charge in [-0.05, 0) is 24.3 Å². The first-order valence-electron chi connectivity index (χ1n) is 6.85. The van der Waals surface area contributed by atoms with Gasteiger partial charge in [0.05, 0.1) is 21.3 Å². The third kappa shape index (κ3) is 2.10. The Morgan fingerprint density at radius 2 is 2.05 bits per heavy atom. The minimum Gasteiger partial charge on any atom is -0.337 e. The molecule has 1 fully saturated rings. The van der Waals surface area contributed by atoms with Crippen LogP contribution in [0.15, 0.2) is 48.1 Å². The van der Waals surface area contributed by atoms with E-state index in [4.69, 9.17) is 0 Å². The number of carbonyl (C=O) groups is 1. The zero-order valence-electron chi connectivity index (χ0n) is 11.3. The molecule has 5 heteroatoms. The summed E-state index contributed by atoms with van der Waals surface area (Å²) in [6.07, 6.45) is 1.80. The van der Waals surface area contributed by atoms with E-state index in [9.17, 15) is 4.79 Å². The van der Waals surface area contributed by atoms with Gasteiger partial charge in [-0.2, -0.15) is 0 Å². The number of fused-ring (bicyclic) bond motifs is 1. The highest BCUT2D eigenvalue weighted by Gasteiger charge is 2.33. The smallest absolute Gasteiger partial charge is 0.255 e. The molecule has 4 nitrogen and oxygen atoms in total. The van der Waals surface area contributed by atoms with Crippen LogP contribution in [0.1, 0.15) is 22.0 Å². The van der Waals surface area contributed by atoms with Crippen molar-refractivity contribution >= 4 is 27.5 Å². The molecule has 1 amide bonds. The quantitative estimate of drug-likeness (QED) is 0.730. The SMILES string of the molecule is O=C(c1cccc2ncsc12)N1CC(c2ccccn2)C1. The Labute approximate surface area is 126 Å². The summed E-state index contributed by atoms with van der Waals surface area (Å²) in [5.41, 5.74) is 4.51. The van der Waals surface area contributed by atoms with Crippen LogP contribution in [0.25, 0.3) is 10.2 Å². The molecule has 3 heterocycles. The maximum atomic E-state index is 12.6. The fourth-order valence-corrected chi connectivity index (χ4v) is 3.47. The number of thiazole rings is 1. The maximum Gasteiger partial charge on any atom is 0.255 e. The monoisotopic (exact) mass is 295 g/mol. The number of nitrogens with zero attached hydrogens (tertiary/aromatic N) is 3. The normalized spacial score (nSPS) is 15.1. The molecule has 0 N–H and O–H groups in total. The summed E-state index contributed by atoms with van der Waals surface area (Å²) in [6, 6.07) is 11.6. The van der Waals surface area contributed by atoms with Crippen LogP contribution >= 0.6 is 11.3 Å². The molecule has 0 spiro atoms. The van der Waals surface area contributed by atoms with Crippen LogP contribution in [0.4, 0.5) is 0 Å². The van der Waals surface area contributed by atoms with Gasteiger partial charge in [-0.1, -0.05) is 12.1 Å². The van der Waals surface area contributed by atoms with E-state index in [1.807, 2.05) is 41.3 Å². The maximum absolute atomic E-state index is 12.6. The molecule has 0 atom stereocenters. The van der Waals surface area contributed by atoms with Crippen molar-refractivity contribution in [2.75, 3.05) is 13.1 Å². The lowest BCUT2D eigenvalue weighted by atomic mass is 9.95. The summed E-state index contributed by atoms with van der Waals surface area (Å²) in [5, 5.41) is 0. The van der Waals surface area contributed by atoms with Gasteiger partial charge in [0.2, 0.25) is 0 Å². The van der Waals surface area contributed by atoms with Gasteiger partial charge >= 0.3 is 0 Å². The lowest BCUT2D eigenvalue weighted by Gasteiger charge is -2.39. The summed E-state index contributed by atoms with van der Waals surface area (Å²) in [5.74, 6) is 0.452. The third-order valence-corrected chi connectivity index (χ3v) is 4.74. The van der Waals surface area contributed by atoms with E-state index in [1.165, 1.54) is 11.3 Å². The Morgan fingerprint density at radius 1 is 1.14 bits per heavy atom. The van der Waals surface area contributed by atoms with Crippen molar-refractivity contribution in [3.63, 3.8) is 0 Å². The van der Waals surface area contributed by atoms with Crippen molar-refractivity contribution in [3.05, 3.63) is 59.4 Å². The molecule has 0 aliphatic carbocycles. The van der Waals surface area contributed by atoms with Crippen molar-refractivity contribution in [1.29, 1.82) is 0 Å². The van der Waals surface area contributed by atoms with E-state index in [1.54, 1.807) is 11.7 Å². The molecular formula is C16H13N3OS. The van der Waals surface area contributed by atoms with Crippen molar-refractivity contribution in [2.24, 2.45) is 0 Å². The minimum atomic E-state index is 0.0945. The lowest BCUT2D eigenvalue weighted by Crippen LogP contribution is -2.48. The second kappa shape index (κ2) is 4.93. The molecule has 1 saturated heterocycles. The van der Waals surface area contributed by atoms with Gasteiger partial charge in [-0.3, -0.25) is 9.78 Å².